The van der Waals surface area contributed by atoms with Crippen LogP contribution in [0, 0.1) is 6.92 Å². The van der Waals surface area contributed by atoms with Crippen molar-refractivity contribution in [3.63, 3.8) is 0 Å². The molecule has 2 heterocycles. The monoisotopic (exact) mass is 445 g/mol. The predicted octanol–water partition coefficient (Wildman–Crippen LogP) is 3.93. The van der Waals surface area contributed by atoms with Crippen molar-refractivity contribution in [2.45, 2.75) is 32.0 Å². The number of ether oxygens (including phenoxy) is 1. The van der Waals surface area contributed by atoms with Crippen LogP contribution in [0.25, 0.3) is 10.9 Å². The molecule has 0 bridgehead atoms. The van der Waals surface area contributed by atoms with Crippen molar-refractivity contribution < 1.29 is 22.7 Å². The number of anilines is 2. The van der Waals surface area contributed by atoms with Crippen LogP contribution in [0.3, 0.4) is 0 Å². The minimum absolute atomic E-state index is 0.00134. The van der Waals surface area contributed by atoms with Crippen LogP contribution in [0.15, 0.2) is 36.5 Å². The van der Waals surface area contributed by atoms with Crippen molar-refractivity contribution in [2.75, 3.05) is 18.4 Å². The molecule has 1 fully saturated rings. The second-order valence-corrected chi connectivity index (χ2v) is 7.69. The summed E-state index contributed by atoms with van der Waals surface area (Å²) in [6.07, 6.45) is -1.26. The molecule has 0 unspecified atom stereocenters. The summed E-state index contributed by atoms with van der Waals surface area (Å²) < 4.78 is 45.9. The molecule has 1 aliphatic heterocycles. The van der Waals surface area contributed by atoms with Gasteiger partial charge < -0.3 is 21.1 Å². The Labute approximate surface area is 182 Å². The largest absolute Gasteiger partial charge is 0.488 e. The fraction of sp³-hybridized carbons (Fsp3) is 0.318. The minimum atomic E-state index is -4.64. The number of aryl methyl sites for hydroxylation is 1. The van der Waals surface area contributed by atoms with Crippen LogP contribution >= 0.6 is 0 Å². The Morgan fingerprint density at radius 3 is 2.66 bits per heavy atom. The molecule has 0 spiro atoms. The average Bonchev–Trinajstić information content (AvgIpc) is 2.75. The van der Waals surface area contributed by atoms with Crippen LogP contribution in [0.1, 0.15) is 34.3 Å². The van der Waals surface area contributed by atoms with Gasteiger partial charge >= 0.3 is 6.18 Å². The Morgan fingerprint density at radius 2 is 1.97 bits per heavy atom. The highest BCUT2D eigenvalue weighted by molar-refractivity contribution is 5.94. The first-order chi connectivity index (χ1) is 15.2. The van der Waals surface area contributed by atoms with Gasteiger partial charge in [-0.15, -0.1) is 0 Å². The van der Waals surface area contributed by atoms with Gasteiger partial charge in [0.2, 0.25) is 11.9 Å². The summed E-state index contributed by atoms with van der Waals surface area (Å²) in [6.45, 7) is 3.65. The molecule has 0 saturated carbocycles. The molecule has 4 N–H and O–H groups in total. The molecular weight excluding hydrogens is 423 g/mol. The number of hydrogen-bond donors (Lipinski definition) is 3. The summed E-state index contributed by atoms with van der Waals surface area (Å²) >= 11 is 0. The van der Waals surface area contributed by atoms with Crippen molar-refractivity contribution in [3.8, 4) is 5.75 Å². The van der Waals surface area contributed by atoms with Crippen LogP contribution in [0.2, 0.25) is 0 Å². The van der Waals surface area contributed by atoms with Gasteiger partial charge in [-0.3, -0.25) is 4.79 Å². The van der Waals surface area contributed by atoms with E-state index < -0.39 is 17.6 Å². The van der Waals surface area contributed by atoms with Crippen LogP contribution in [-0.4, -0.2) is 35.1 Å². The lowest BCUT2D eigenvalue weighted by Crippen LogP contribution is -2.34. The maximum Gasteiger partial charge on any atom is 0.416 e. The highest BCUT2D eigenvalue weighted by Gasteiger charge is 2.31. The van der Waals surface area contributed by atoms with Gasteiger partial charge in [0.25, 0.3) is 0 Å². The summed E-state index contributed by atoms with van der Waals surface area (Å²) in [6, 6.07) is 6.58. The van der Waals surface area contributed by atoms with Crippen LogP contribution < -0.4 is 21.1 Å². The maximum atomic E-state index is 13.2. The number of carbonyl (C=O) groups excluding carboxylic acids is 1. The Hall–Kier alpha value is -3.40. The van der Waals surface area contributed by atoms with Crippen LogP contribution in [0.4, 0.5) is 24.8 Å². The number of nitrogens with zero attached hydrogens (tertiary/aromatic N) is 2. The van der Waals surface area contributed by atoms with Crippen molar-refractivity contribution in [1.82, 2.24) is 15.3 Å². The van der Waals surface area contributed by atoms with E-state index in [0.717, 1.165) is 42.9 Å². The molecule has 1 aliphatic rings. The van der Waals surface area contributed by atoms with Gasteiger partial charge in [0.1, 0.15) is 17.4 Å². The standard InChI is InChI=1S/C22H22F3N5O2/c1-12-2-3-18(32-16-4-6-27-7-5-16)19-17(12)11-28-21(30-19)29-15-9-13(20(26)31)8-14(10-15)22(23,24)25/h2-3,8-11,16,27H,4-7H2,1H3,(H2,26,31)(H,28,29,30). The van der Waals surface area contributed by atoms with E-state index in [-0.39, 0.29) is 23.3 Å². The van der Waals surface area contributed by atoms with Crippen LogP contribution in [-0.2, 0) is 6.18 Å². The number of nitrogens with one attached hydrogen (secondary N) is 2. The van der Waals surface area contributed by atoms with Gasteiger partial charge in [0.15, 0.2) is 0 Å². The van der Waals surface area contributed by atoms with E-state index in [1.165, 1.54) is 6.07 Å². The zero-order valence-corrected chi connectivity index (χ0v) is 17.3. The highest BCUT2D eigenvalue weighted by atomic mass is 19.4. The van der Waals surface area contributed by atoms with E-state index >= 15 is 0 Å². The third-order valence-corrected chi connectivity index (χ3v) is 5.31. The van der Waals surface area contributed by atoms with Crippen molar-refractivity contribution in [2.24, 2.45) is 5.73 Å². The second kappa shape index (κ2) is 8.62. The zero-order valence-electron chi connectivity index (χ0n) is 17.3. The number of benzene rings is 2. The molecule has 1 aromatic heterocycles. The SMILES string of the molecule is Cc1ccc(OC2CCNCC2)c2nc(Nc3cc(C(N)=O)cc(C(F)(F)F)c3)ncc12. The van der Waals surface area contributed by atoms with Crippen LogP contribution in [0.5, 0.6) is 5.75 Å². The lowest BCUT2D eigenvalue weighted by atomic mass is 10.1. The van der Waals surface area contributed by atoms with E-state index in [1.807, 2.05) is 19.1 Å². The quantitative estimate of drug-likeness (QED) is 0.550. The number of piperidine rings is 1. The first kappa shape index (κ1) is 21.8. The number of aromatic nitrogens is 2. The van der Waals surface area contributed by atoms with Gasteiger partial charge in [-0.1, -0.05) is 6.07 Å². The van der Waals surface area contributed by atoms with E-state index in [1.54, 1.807) is 6.20 Å². The molecule has 10 heteroatoms. The number of halogens is 3. The Bertz CT molecular complexity index is 1160. The molecule has 0 aliphatic carbocycles. The van der Waals surface area contributed by atoms with Gasteiger partial charge in [-0.25, -0.2) is 9.97 Å². The van der Waals surface area contributed by atoms with Crippen molar-refractivity contribution in [1.29, 1.82) is 0 Å². The number of nitrogens with two attached hydrogens (primary N) is 1. The van der Waals surface area contributed by atoms with Crippen molar-refractivity contribution >= 4 is 28.4 Å². The summed E-state index contributed by atoms with van der Waals surface area (Å²) in [4.78, 5) is 20.2. The number of fused-ring (bicyclic) bond motifs is 1. The molecule has 3 aromatic rings. The first-order valence-electron chi connectivity index (χ1n) is 10.1. The van der Waals surface area contributed by atoms with Crippen molar-refractivity contribution in [3.05, 3.63) is 53.2 Å². The number of primary amides is 1. The first-order valence-corrected chi connectivity index (χ1v) is 10.1. The van der Waals surface area contributed by atoms with Gasteiger partial charge in [-0.2, -0.15) is 13.2 Å². The number of amides is 1. The van der Waals surface area contributed by atoms with Gasteiger partial charge in [0, 0.05) is 22.8 Å². The smallest absolute Gasteiger partial charge is 0.416 e. The summed E-state index contributed by atoms with van der Waals surface area (Å²) in [7, 11) is 0. The Kier molecular flexibility index (Phi) is 5.88. The molecule has 2 aromatic carbocycles. The summed E-state index contributed by atoms with van der Waals surface area (Å²) in [5, 5.41) is 6.82. The molecule has 32 heavy (non-hydrogen) atoms. The van der Waals surface area contributed by atoms with Gasteiger partial charge in [0.05, 0.1) is 5.56 Å². The summed E-state index contributed by atoms with van der Waals surface area (Å²) in [5.74, 6) is -0.301. The molecule has 4 rings (SSSR count). The predicted molar refractivity (Wildman–Crippen MR) is 114 cm³/mol. The topological polar surface area (TPSA) is 102 Å². The highest BCUT2D eigenvalue weighted by Crippen LogP contribution is 2.33. The molecule has 0 radical (unpaired) electrons. The van der Waals surface area contributed by atoms with E-state index in [4.69, 9.17) is 10.5 Å². The second-order valence-electron chi connectivity index (χ2n) is 7.69. The molecule has 0 atom stereocenters. The average molecular weight is 445 g/mol. The maximum absolute atomic E-state index is 13.2. The fourth-order valence-corrected chi connectivity index (χ4v) is 3.61. The Morgan fingerprint density at radius 1 is 1.22 bits per heavy atom. The molecule has 1 saturated heterocycles. The fourth-order valence-electron chi connectivity index (χ4n) is 3.61. The summed E-state index contributed by atoms with van der Waals surface area (Å²) in [5.41, 5.74) is 5.44. The van der Waals surface area contributed by atoms with E-state index in [2.05, 4.69) is 20.6 Å². The van der Waals surface area contributed by atoms with Gasteiger partial charge in [-0.05, 0) is 62.7 Å². The number of carbonyl (C=O) groups is 1. The third kappa shape index (κ3) is 4.75. The molecular formula is C22H22F3N5O2. The molecule has 1 amide bonds. The lowest BCUT2D eigenvalue weighted by Gasteiger charge is -2.24. The number of alkyl halides is 3. The number of rotatable bonds is 5. The Balaban J connectivity index is 1.70. The van der Waals surface area contributed by atoms with E-state index in [0.29, 0.717) is 17.3 Å². The number of hydrogen-bond acceptors (Lipinski definition) is 6. The zero-order chi connectivity index (χ0) is 22.9. The molecule has 168 valence electrons. The third-order valence-electron chi connectivity index (χ3n) is 5.31. The minimum Gasteiger partial charge on any atom is -0.488 e. The molecule has 7 nitrogen and oxygen atoms in total. The lowest BCUT2D eigenvalue weighted by molar-refractivity contribution is -0.137. The van der Waals surface area contributed by atoms with E-state index in [9.17, 15) is 18.0 Å². The normalized spacial score (nSPS) is 15.0.